The number of hydrogen-bond donors (Lipinski definition) is 3. The lowest BCUT2D eigenvalue weighted by Crippen LogP contribution is -2.42. The molecule has 0 aliphatic carbocycles. The molecule has 4 N–H and O–H groups in total. The van der Waals surface area contributed by atoms with E-state index in [2.05, 4.69) is 24.3 Å². The standard InChI is InChI=1S/C9H19N3O2/c1-6(2)4-5-8(13)11-7(3)9(10)12-14/h6-7,14H,4-5H2,1-3H3,(H2,10,12)(H,11,13). The van der Waals surface area contributed by atoms with E-state index in [9.17, 15) is 4.79 Å². The van der Waals surface area contributed by atoms with Crippen LogP contribution in [0.2, 0.25) is 0 Å². The molecule has 0 aromatic carbocycles. The molecular formula is C9H19N3O2. The lowest BCUT2D eigenvalue weighted by molar-refractivity contribution is -0.121. The van der Waals surface area contributed by atoms with Crippen molar-refractivity contribution >= 4 is 11.7 Å². The van der Waals surface area contributed by atoms with Crippen LogP contribution >= 0.6 is 0 Å². The molecule has 0 saturated heterocycles. The Hall–Kier alpha value is -1.26. The quantitative estimate of drug-likeness (QED) is 0.264. The Kier molecular flexibility index (Phi) is 5.67. The molecule has 0 aromatic heterocycles. The minimum absolute atomic E-state index is 0.0166. The molecule has 0 aliphatic rings. The van der Waals surface area contributed by atoms with Crippen LogP contribution in [-0.4, -0.2) is 23.0 Å². The maximum absolute atomic E-state index is 11.3. The monoisotopic (exact) mass is 201 g/mol. The molecule has 0 aromatic rings. The Bertz CT molecular complexity index is 214. The lowest BCUT2D eigenvalue weighted by atomic mass is 10.1. The zero-order valence-electron chi connectivity index (χ0n) is 8.95. The Morgan fingerprint density at radius 3 is 2.50 bits per heavy atom. The first-order valence-electron chi connectivity index (χ1n) is 4.74. The normalized spacial score (nSPS) is 14.1. The third-order valence-electron chi connectivity index (χ3n) is 1.89. The van der Waals surface area contributed by atoms with Gasteiger partial charge in [-0.05, 0) is 19.3 Å². The lowest BCUT2D eigenvalue weighted by Gasteiger charge is -2.12. The molecule has 5 nitrogen and oxygen atoms in total. The van der Waals surface area contributed by atoms with Gasteiger partial charge in [0, 0.05) is 6.42 Å². The van der Waals surface area contributed by atoms with Crippen LogP contribution in [0.15, 0.2) is 5.16 Å². The first kappa shape index (κ1) is 12.7. The maximum atomic E-state index is 11.3. The molecule has 1 atom stereocenters. The summed E-state index contributed by atoms with van der Waals surface area (Å²) in [6, 6.07) is -0.417. The van der Waals surface area contributed by atoms with E-state index in [0.717, 1.165) is 6.42 Å². The average molecular weight is 201 g/mol. The van der Waals surface area contributed by atoms with Gasteiger partial charge in [0.2, 0.25) is 5.91 Å². The Morgan fingerprint density at radius 2 is 2.07 bits per heavy atom. The van der Waals surface area contributed by atoms with Crippen molar-refractivity contribution in [2.45, 2.75) is 39.7 Å². The molecule has 14 heavy (non-hydrogen) atoms. The van der Waals surface area contributed by atoms with Crippen molar-refractivity contribution in [2.75, 3.05) is 0 Å². The van der Waals surface area contributed by atoms with E-state index in [1.165, 1.54) is 0 Å². The summed E-state index contributed by atoms with van der Waals surface area (Å²) in [6.45, 7) is 5.78. The van der Waals surface area contributed by atoms with Gasteiger partial charge in [-0.25, -0.2) is 0 Å². The van der Waals surface area contributed by atoms with E-state index in [4.69, 9.17) is 10.9 Å². The highest BCUT2D eigenvalue weighted by Crippen LogP contribution is 2.02. The van der Waals surface area contributed by atoms with Crippen molar-refractivity contribution in [1.82, 2.24) is 5.32 Å². The fourth-order valence-corrected chi connectivity index (χ4v) is 0.894. The third kappa shape index (κ3) is 5.40. The van der Waals surface area contributed by atoms with Gasteiger partial charge >= 0.3 is 0 Å². The summed E-state index contributed by atoms with van der Waals surface area (Å²) in [7, 11) is 0. The van der Waals surface area contributed by atoms with E-state index in [-0.39, 0.29) is 11.7 Å². The number of amides is 1. The minimum atomic E-state index is -0.417. The van der Waals surface area contributed by atoms with E-state index < -0.39 is 6.04 Å². The summed E-state index contributed by atoms with van der Waals surface area (Å²) in [5.41, 5.74) is 5.31. The average Bonchev–Trinajstić information content (AvgIpc) is 2.13. The topological polar surface area (TPSA) is 87.7 Å². The first-order valence-corrected chi connectivity index (χ1v) is 4.74. The summed E-state index contributed by atoms with van der Waals surface area (Å²) in [5, 5.41) is 13.8. The van der Waals surface area contributed by atoms with Crippen LogP contribution in [0.3, 0.4) is 0 Å². The first-order chi connectivity index (χ1) is 6.47. The van der Waals surface area contributed by atoms with E-state index in [0.29, 0.717) is 12.3 Å². The van der Waals surface area contributed by atoms with Crippen LogP contribution in [0.4, 0.5) is 0 Å². The van der Waals surface area contributed by atoms with Gasteiger partial charge in [0.25, 0.3) is 0 Å². The smallest absolute Gasteiger partial charge is 0.220 e. The molecule has 0 fully saturated rings. The highest BCUT2D eigenvalue weighted by atomic mass is 16.4. The van der Waals surface area contributed by atoms with Crippen LogP contribution in [0.25, 0.3) is 0 Å². The van der Waals surface area contributed by atoms with Crippen molar-refractivity contribution in [2.24, 2.45) is 16.8 Å². The van der Waals surface area contributed by atoms with Gasteiger partial charge in [0.15, 0.2) is 5.84 Å². The SMILES string of the molecule is CC(C)CCC(=O)NC(C)/C(N)=N/O. The molecule has 5 heteroatoms. The van der Waals surface area contributed by atoms with E-state index >= 15 is 0 Å². The molecule has 0 saturated carbocycles. The summed E-state index contributed by atoms with van der Waals surface area (Å²) in [4.78, 5) is 11.3. The van der Waals surface area contributed by atoms with Crippen molar-refractivity contribution < 1.29 is 10.0 Å². The zero-order valence-corrected chi connectivity index (χ0v) is 8.95. The fraction of sp³-hybridized carbons (Fsp3) is 0.778. The molecule has 0 aliphatic heterocycles. The summed E-state index contributed by atoms with van der Waals surface area (Å²) < 4.78 is 0. The molecule has 1 amide bonds. The van der Waals surface area contributed by atoms with Crippen molar-refractivity contribution in [3.8, 4) is 0 Å². The summed E-state index contributed by atoms with van der Waals surface area (Å²) in [6.07, 6.45) is 1.31. The molecule has 1 unspecified atom stereocenters. The van der Waals surface area contributed by atoms with Gasteiger partial charge in [-0.15, -0.1) is 0 Å². The number of amidine groups is 1. The van der Waals surface area contributed by atoms with Crippen LogP contribution in [0, 0.1) is 5.92 Å². The largest absolute Gasteiger partial charge is 0.409 e. The predicted molar refractivity (Wildman–Crippen MR) is 55.1 cm³/mol. The van der Waals surface area contributed by atoms with E-state index in [1.54, 1.807) is 6.92 Å². The highest BCUT2D eigenvalue weighted by molar-refractivity contribution is 5.89. The molecule has 82 valence electrons. The molecule has 0 bridgehead atoms. The van der Waals surface area contributed by atoms with Crippen LogP contribution in [-0.2, 0) is 4.79 Å². The Morgan fingerprint density at radius 1 is 1.50 bits per heavy atom. The van der Waals surface area contributed by atoms with Crippen LogP contribution < -0.4 is 11.1 Å². The van der Waals surface area contributed by atoms with E-state index in [1.807, 2.05) is 0 Å². The van der Waals surface area contributed by atoms with Crippen molar-refractivity contribution in [1.29, 1.82) is 0 Å². The van der Waals surface area contributed by atoms with Crippen LogP contribution in [0.1, 0.15) is 33.6 Å². The number of nitrogens with one attached hydrogen (secondary N) is 1. The third-order valence-corrected chi connectivity index (χ3v) is 1.89. The fourth-order valence-electron chi connectivity index (χ4n) is 0.894. The van der Waals surface area contributed by atoms with Gasteiger partial charge in [0.05, 0.1) is 6.04 Å². The molecular weight excluding hydrogens is 182 g/mol. The maximum Gasteiger partial charge on any atom is 0.220 e. The summed E-state index contributed by atoms with van der Waals surface area (Å²) in [5.74, 6) is 0.445. The predicted octanol–water partition coefficient (Wildman–Crippen LogP) is 0.674. The second-order valence-electron chi connectivity index (χ2n) is 3.75. The molecule has 0 spiro atoms. The molecule has 0 radical (unpaired) electrons. The minimum Gasteiger partial charge on any atom is -0.409 e. The van der Waals surface area contributed by atoms with Crippen molar-refractivity contribution in [3.63, 3.8) is 0 Å². The number of oxime groups is 1. The number of nitrogens with two attached hydrogens (primary N) is 1. The summed E-state index contributed by atoms with van der Waals surface area (Å²) >= 11 is 0. The second kappa shape index (κ2) is 6.23. The van der Waals surface area contributed by atoms with Gasteiger partial charge in [0.1, 0.15) is 0 Å². The van der Waals surface area contributed by atoms with Crippen molar-refractivity contribution in [3.05, 3.63) is 0 Å². The Balaban J connectivity index is 3.83. The number of carbonyl (C=O) groups excluding carboxylic acids is 1. The van der Waals surface area contributed by atoms with Crippen LogP contribution in [0.5, 0.6) is 0 Å². The Labute approximate surface area is 84.4 Å². The second-order valence-corrected chi connectivity index (χ2v) is 3.75. The number of hydrogen-bond acceptors (Lipinski definition) is 3. The van der Waals surface area contributed by atoms with Gasteiger partial charge in [-0.1, -0.05) is 19.0 Å². The number of carbonyl (C=O) groups is 1. The van der Waals surface area contributed by atoms with Gasteiger partial charge in [-0.3, -0.25) is 4.79 Å². The van der Waals surface area contributed by atoms with Gasteiger partial charge < -0.3 is 16.3 Å². The molecule has 0 heterocycles. The van der Waals surface area contributed by atoms with Gasteiger partial charge in [-0.2, -0.15) is 0 Å². The zero-order chi connectivity index (χ0) is 11.1. The number of rotatable bonds is 5. The molecule has 0 rings (SSSR count). The number of nitrogens with zero attached hydrogens (tertiary/aromatic N) is 1. The highest BCUT2D eigenvalue weighted by Gasteiger charge is 2.11.